The number of carbonyl (C=O) groups is 4. The molecule has 8 nitrogen and oxygen atoms in total. The number of Topliss-reactive ketones (excluding diaryl/α,β-unsaturated/α-hetero) is 1. The van der Waals surface area contributed by atoms with Gasteiger partial charge in [-0.15, -0.1) is 0 Å². The molecule has 0 N–H and O–H groups in total. The SMILES string of the molecule is CC=CCC(CC(=O)OC(CC=CCCC)CC(C)=O)OC(=O)CC(C)OC(=O)CC(CCSCc1ccccc1)OC. The number of ketones is 1. The minimum absolute atomic E-state index is 0.0686. The number of esters is 3. The minimum atomic E-state index is -0.737. The van der Waals surface area contributed by atoms with Crippen molar-refractivity contribution in [2.75, 3.05) is 12.9 Å². The molecule has 0 aliphatic rings. The minimum Gasteiger partial charge on any atom is -0.462 e. The lowest BCUT2D eigenvalue weighted by atomic mass is 10.1. The second kappa shape index (κ2) is 23.5. The van der Waals surface area contributed by atoms with Crippen LogP contribution in [0.5, 0.6) is 0 Å². The van der Waals surface area contributed by atoms with Gasteiger partial charge in [0, 0.05) is 32.1 Å². The third kappa shape index (κ3) is 19.8. The molecule has 0 bridgehead atoms. The average Bonchev–Trinajstić information content (AvgIpc) is 2.95. The lowest BCUT2D eigenvalue weighted by Gasteiger charge is -2.20. The third-order valence-corrected chi connectivity index (χ3v) is 7.43. The Morgan fingerprint density at radius 2 is 1.42 bits per heavy atom. The number of carbonyl (C=O) groups excluding carboxylic acids is 4. The Kier molecular flexibility index (Phi) is 20.9. The second-order valence-corrected chi connectivity index (χ2v) is 11.6. The van der Waals surface area contributed by atoms with Crippen molar-refractivity contribution >= 4 is 35.5 Å². The summed E-state index contributed by atoms with van der Waals surface area (Å²) in [6.07, 6.45) is 8.59. The van der Waals surface area contributed by atoms with Gasteiger partial charge in [-0.25, -0.2) is 0 Å². The van der Waals surface area contributed by atoms with Crippen LogP contribution >= 0.6 is 11.8 Å². The fourth-order valence-electron chi connectivity index (χ4n) is 4.16. The number of thioether (sulfide) groups is 1. The van der Waals surface area contributed by atoms with Crippen LogP contribution in [-0.4, -0.2) is 61.0 Å². The van der Waals surface area contributed by atoms with Crippen LogP contribution in [0.2, 0.25) is 0 Å². The monoisotopic (exact) mass is 618 g/mol. The Morgan fingerprint density at radius 1 is 0.814 bits per heavy atom. The van der Waals surface area contributed by atoms with E-state index in [9.17, 15) is 19.2 Å². The van der Waals surface area contributed by atoms with Crippen LogP contribution in [0.4, 0.5) is 0 Å². The molecule has 4 atom stereocenters. The van der Waals surface area contributed by atoms with Gasteiger partial charge in [0.25, 0.3) is 0 Å². The third-order valence-electron chi connectivity index (χ3n) is 6.37. The molecule has 0 aliphatic carbocycles. The molecule has 240 valence electrons. The van der Waals surface area contributed by atoms with E-state index in [1.54, 1.807) is 37.9 Å². The highest BCUT2D eigenvalue weighted by Crippen LogP contribution is 2.17. The molecule has 0 fully saturated rings. The summed E-state index contributed by atoms with van der Waals surface area (Å²) >= 11 is 1.78. The number of hydrogen-bond acceptors (Lipinski definition) is 9. The lowest BCUT2D eigenvalue weighted by Crippen LogP contribution is -2.28. The van der Waals surface area contributed by atoms with E-state index in [1.807, 2.05) is 37.3 Å². The van der Waals surface area contributed by atoms with Gasteiger partial charge in [0.05, 0.1) is 25.4 Å². The first kappa shape index (κ1) is 38.1. The fraction of sp³-hybridized carbons (Fsp3) is 0.588. The molecule has 0 saturated carbocycles. The second-order valence-electron chi connectivity index (χ2n) is 10.5. The van der Waals surface area contributed by atoms with Gasteiger partial charge >= 0.3 is 17.9 Å². The molecule has 43 heavy (non-hydrogen) atoms. The van der Waals surface area contributed by atoms with Crippen LogP contribution in [0.1, 0.15) is 91.0 Å². The van der Waals surface area contributed by atoms with Crippen molar-refractivity contribution in [3.8, 4) is 0 Å². The highest BCUT2D eigenvalue weighted by molar-refractivity contribution is 7.98. The summed E-state index contributed by atoms with van der Waals surface area (Å²) in [4.78, 5) is 49.5. The molecule has 1 rings (SSSR count). The number of rotatable bonds is 23. The molecule has 0 spiro atoms. The van der Waals surface area contributed by atoms with Crippen molar-refractivity contribution in [3.05, 3.63) is 60.2 Å². The smallest absolute Gasteiger partial charge is 0.309 e. The molecular weight excluding hydrogens is 568 g/mol. The van der Waals surface area contributed by atoms with Crippen molar-refractivity contribution in [3.63, 3.8) is 0 Å². The number of allylic oxidation sites excluding steroid dienone is 2. The van der Waals surface area contributed by atoms with E-state index in [1.165, 1.54) is 12.5 Å². The Labute approximate surface area is 261 Å². The summed E-state index contributed by atoms with van der Waals surface area (Å²) in [5.41, 5.74) is 1.25. The molecule has 1 aromatic rings. The van der Waals surface area contributed by atoms with Crippen LogP contribution in [0.15, 0.2) is 54.6 Å². The van der Waals surface area contributed by atoms with Crippen molar-refractivity contribution in [1.82, 2.24) is 0 Å². The maximum Gasteiger partial charge on any atom is 0.309 e. The zero-order valence-electron chi connectivity index (χ0n) is 26.5. The van der Waals surface area contributed by atoms with Crippen LogP contribution < -0.4 is 0 Å². The van der Waals surface area contributed by atoms with Gasteiger partial charge in [-0.3, -0.25) is 19.2 Å². The van der Waals surface area contributed by atoms with Crippen LogP contribution in [0.3, 0.4) is 0 Å². The first-order chi connectivity index (χ1) is 20.7. The van der Waals surface area contributed by atoms with E-state index < -0.39 is 36.2 Å². The summed E-state index contributed by atoms with van der Waals surface area (Å²) in [6, 6.07) is 10.2. The van der Waals surface area contributed by atoms with Crippen LogP contribution in [0, 0.1) is 0 Å². The summed E-state index contributed by atoms with van der Waals surface area (Å²) in [7, 11) is 1.57. The average molecular weight is 619 g/mol. The highest BCUT2D eigenvalue weighted by Gasteiger charge is 2.24. The van der Waals surface area contributed by atoms with Crippen molar-refractivity contribution in [2.45, 2.75) is 116 Å². The standard InChI is InChI=1S/C34H50O8S/c1-6-8-10-14-18-30(21-26(3)35)41-34(38)24-31(17-9-7-2)42-32(36)22-27(4)40-33(37)23-29(39-5)19-20-43-25-28-15-12-11-13-16-28/h7,9-16,27,29-31H,6,8,17-25H2,1-5H3. The topological polar surface area (TPSA) is 105 Å². The zero-order valence-corrected chi connectivity index (χ0v) is 27.3. The Balaban J connectivity index is 2.52. The summed E-state index contributed by atoms with van der Waals surface area (Å²) in [5.74, 6) is 0.0993. The predicted octanol–water partition coefficient (Wildman–Crippen LogP) is 6.94. The van der Waals surface area contributed by atoms with Crippen LogP contribution in [-0.2, 0) is 43.9 Å². The van der Waals surface area contributed by atoms with Crippen molar-refractivity contribution in [2.24, 2.45) is 0 Å². The number of ether oxygens (including phenoxy) is 4. The molecule has 0 aromatic heterocycles. The molecule has 0 amide bonds. The van der Waals surface area contributed by atoms with E-state index >= 15 is 0 Å². The van der Waals surface area contributed by atoms with E-state index in [0.29, 0.717) is 19.3 Å². The number of methoxy groups -OCH3 is 1. The maximum absolute atomic E-state index is 12.7. The zero-order chi connectivity index (χ0) is 31.9. The quantitative estimate of drug-likeness (QED) is 0.0558. The molecular formula is C34H50O8S. The van der Waals surface area contributed by atoms with Gasteiger partial charge in [-0.05, 0) is 44.9 Å². The molecule has 1 aromatic carbocycles. The molecule has 0 heterocycles. The van der Waals surface area contributed by atoms with E-state index in [0.717, 1.165) is 24.3 Å². The van der Waals surface area contributed by atoms with E-state index in [2.05, 4.69) is 19.1 Å². The predicted molar refractivity (Wildman–Crippen MR) is 171 cm³/mol. The first-order valence-electron chi connectivity index (χ1n) is 15.1. The molecule has 0 radical (unpaired) electrons. The number of unbranched alkanes of at least 4 members (excludes halogenated alkanes) is 1. The fourth-order valence-corrected chi connectivity index (χ4v) is 5.16. The van der Waals surface area contributed by atoms with Gasteiger partial charge in [0.2, 0.25) is 0 Å². The Hall–Kier alpha value is -2.91. The van der Waals surface area contributed by atoms with Gasteiger partial charge in [-0.1, -0.05) is 68.0 Å². The summed E-state index contributed by atoms with van der Waals surface area (Å²) < 4.78 is 22.0. The highest BCUT2D eigenvalue weighted by atomic mass is 32.2. The molecule has 9 heteroatoms. The van der Waals surface area contributed by atoms with Crippen LogP contribution in [0.25, 0.3) is 0 Å². The summed E-state index contributed by atoms with van der Waals surface area (Å²) in [5, 5.41) is 0. The van der Waals surface area contributed by atoms with Gasteiger partial charge in [0.15, 0.2) is 0 Å². The Bertz CT molecular complexity index is 1010. The number of benzene rings is 1. The van der Waals surface area contributed by atoms with E-state index in [-0.39, 0.29) is 37.6 Å². The normalized spacial score (nSPS) is 14.3. The number of hydrogen-bond donors (Lipinski definition) is 0. The first-order valence-corrected chi connectivity index (χ1v) is 16.3. The molecule has 4 unspecified atom stereocenters. The van der Waals surface area contributed by atoms with E-state index in [4.69, 9.17) is 18.9 Å². The molecule has 0 saturated heterocycles. The van der Waals surface area contributed by atoms with Gasteiger partial charge < -0.3 is 18.9 Å². The largest absolute Gasteiger partial charge is 0.462 e. The lowest BCUT2D eigenvalue weighted by molar-refractivity contribution is -0.161. The van der Waals surface area contributed by atoms with Gasteiger partial charge in [0.1, 0.15) is 24.1 Å². The van der Waals surface area contributed by atoms with Gasteiger partial charge in [-0.2, -0.15) is 11.8 Å². The Morgan fingerprint density at radius 3 is 2.05 bits per heavy atom. The maximum atomic E-state index is 12.7. The molecule has 0 aliphatic heterocycles. The summed E-state index contributed by atoms with van der Waals surface area (Å²) in [6.45, 7) is 6.99. The van der Waals surface area contributed by atoms with Crippen molar-refractivity contribution < 1.29 is 38.1 Å². The van der Waals surface area contributed by atoms with Crippen molar-refractivity contribution in [1.29, 1.82) is 0 Å².